The van der Waals surface area contributed by atoms with Crippen LogP contribution < -0.4 is 5.43 Å². The quantitative estimate of drug-likeness (QED) is 0.860. The maximum atomic E-state index is 12.6. The number of nitrogens with one attached hydrogen (secondary N) is 1. The fourth-order valence-electron chi connectivity index (χ4n) is 2.56. The van der Waals surface area contributed by atoms with E-state index in [1.807, 2.05) is 12.1 Å². The minimum absolute atomic E-state index is 0.0988. The molecule has 0 saturated carbocycles. The van der Waals surface area contributed by atoms with Gasteiger partial charge in [0.2, 0.25) is 0 Å². The van der Waals surface area contributed by atoms with Crippen LogP contribution >= 0.6 is 0 Å². The highest BCUT2D eigenvalue weighted by atomic mass is 16.6. The summed E-state index contributed by atoms with van der Waals surface area (Å²) in [5, 5.41) is 0.888. The maximum Gasteiger partial charge on any atom is 0.430 e. The summed E-state index contributed by atoms with van der Waals surface area (Å²) in [6, 6.07) is 7.14. The molecule has 0 heterocycles. The number of hydrogen-bond donors (Lipinski definition) is 1. The Hall–Kier alpha value is -2.83. The van der Waals surface area contributed by atoms with E-state index < -0.39 is 17.7 Å². The standard InChI is InChI=1S/C17H20N2O5/c1-4-23-15(21)18-19(16(22)24-5-2)17(3)13-9-7-6-8-12(13)10-11-14(17)20/h6-11H,4-5H2,1-3H3,(H,18,21)/t17-/m0/s1. The molecule has 1 aliphatic rings. The molecule has 7 heteroatoms. The van der Waals surface area contributed by atoms with Gasteiger partial charge in [0.1, 0.15) is 0 Å². The van der Waals surface area contributed by atoms with Crippen molar-refractivity contribution in [3.05, 3.63) is 41.5 Å². The molecule has 128 valence electrons. The monoisotopic (exact) mass is 332 g/mol. The minimum Gasteiger partial charge on any atom is -0.449 e. The van der Waals surface area contributed by atoms with Crippen LogP contribution in [0.3, 0.4) is 0 Å². The number of ether oxygens (including phenoxy) is 2. The molecule has 24 heavy (non-hydrogen) atoms. The summed E-state index contributed by atoms with van der Waals surface area (Å²) in [5.41, 5.74) is 2.25. The van der Waals surface area contributed by atoms with Crippen LogP contribution in [0.4, 0.5) is 9.59 Å². The molecule has 1 N–H and O–H groups in total. The first-order valence-electron chi connectivity index (χ1n) is 7.67. The van der Waals surface area contributed by atoms with Crippen LogP contribution in [0.2, 0.25) is 0 Å². The van der Waals surface area contributed by atoms with Crippen LogP contribution in [0, 0.1) is 0 Å². The van der Waals surface area contributed by atoms with Gasteiger partial charge in [-0.2, -0.15) is 5.01 Å². The minimum atomic E-state index is -1.44. The molecule has 2 amide bonds. The van der Waals surface area contributed by atoms with Crippen molar-refractivity contribution in [1.29, 1.82) is 0 Å². The fraction of sp³-hybridized carbons (Fsp3) is 0.353. The molecule has 2 rings (SSSR count). The number of rotatable bonds is 3. The van der Waals surface area contributed by atoms with Gasteiger partial charge in [0, 0.05) is 0 Å². The van der Waals surface area contributed by atoms with E-state index in [1.54, 1.807) is 39.0 Å². The maximum absolute atomic E-state index is 12.6. The van der Waals surface area contributed by atoms with E-state index in [9.17, 15) is 14.4 Å². The van der Waals surface area contributed by atoms with Gasteiger partial charge in [-0.05, 0) is 38.0 Å². The highest BCUT2D eigenvalue weighted by Gasteiger charge is 2.47. The van der Waals surface area contributed by atoms with E-state index in [4.69, 9.17) is 9.47 Å². The average Bonchev–Trinajstić information content (AvgIpc) is 2.57. The molecule has 1 aromatic carbocycles. The van der Waals surface area contributed by atoms with Crippen molar-refractivity contribution in [1.82, 2.24) is 10.4 Å². The lowest BCUT2D eigenvalue weighted by Crippen LogP contribution is -2.60. The van der Waals surface area contributed by atoms with Crippen LogP contribution in [0.15, 0.2) is 30.3 Å². The molecule has 0 fully saturated rings. The number of carbonyl (C=O) groups is 3. The van der Waals surface area contributed by atoms with E-state index in [0.29, 0.717) is 5.56 Å². The molecule has 0 bridgehead atoms. The summed E-state index contributed by atoms with van der Waals surface area (Å²) < 4.78 is 9.84. The molecule has 0 spiro atoms. The van der Waals surface area contributed by atoms with Gasteiger partial charge in [0.05, 0.1) is 13.2 Å². The summed E-state index contributed by atoms with van der Waals surface area (Å²) in [5.74, 6) is -0.356. The Morgan fingerprint density at radius 3 is 2.46 bits per heavy atom. The molecular weight excluding hydrogens is 312 g/mol. The van der Waals surface area contributed by atoms with Gasteiger partial charge >= 0.3 is 12.2 Å². The molecule has 0 unspecified atom stereocenters. The lowest BCUT2D eigenvalue weighted by molar-refractivity contribution is -0.127. The SMILES string of the molecule is CCOC(=O)NN(C(=O)OCC)[C@]1(C)C(=O)C=Cc2ccccc21. The first kappa shape index (κ1) is 17.5. The smallest absolute Gasteiger partial charge is 0.430 e. The van der Waals surface area contributed by atoms with Crippen LogP contribution in [-0.2, 0) is 19.8 Å². The van der Waals surface area contributed by atoms with E-state index >= 15 is 0 Å². The van der Waals surface area contributed by atoms with Crippen molar-refractivity contribution in [3.8, 4) is 0 Å². The Morgan fingerprint density at radius 2 is 1.79 bits per heavy atom. The normalized spacial score (nSPS) is 18.5. The van der Waals surface area contributed by atoms with Gasteiger partial charge in [-0.1, -0.05) is 30.3 Å². The third-order valence-corrected chi connectivity index (χ3v) is 3.76. The molecule has 1 aliphatic carbocycles. The zero-order valence-electron chi connectivity index (χ0n) is 13.9. The Labute approximate surface area is 140 Å². The number of fused-ring (bicyclic) bond motifs is 1. The van der Waals surface area contributed by atoms with Crippen molar-refractivity contribution in [2.45, 2.75) is 26.3 Å². The number of carbonyl (C=O) groups excluding carboxylic acids is 3. The van der Waals surface area contributed by atoms with Crippen LogP contribution in [0.1, 0.15) is 31.9 Å². The van der Waals surface area contributed by atoms with Crippen molar-refractivity contribution >= 4 is 24.0 Å². The van der Waals surface area contributed by atoms with Crippen LogP contribution in [-0.4, -0.2) is 36.2 Å². The Balaban J connectivity index is 2.50. The molecule has 0 aromatic heterocycles. The lowest BCUT2D eigenvalue weighted by atomic mass is 9.80. The molecule has 1 aromatic rings. The molecule has 0 aliphatic heterocycles. The second-order valence-electron chi connectivity index (χ2n) is 5.22. The molecule has 1 atom stereocenters. The number of hydrazine groups is 1. The molecule has 0 saturated heterocycles. The van der Waals surface area contributed by atoms with Gasteiger partial charge in [-0.3, -0.25) is 4.79 Å². The summed E-state index contributed by atoms with van der Waals surface area (Å²) in [6.45, 7) is 5.06. The third kappa shape index (κ3) is 3.10. The number of benzene rings is 1. The van der Waals surface area contributed by atoms with E-state index in [-0.39, 0.29) is 19.0 Å². The second kappa shape index (κ2) is 7.16. The summed E-state index contributed by atoms with van der Waals surface area (Å²) in [7, 11) is 0. The number of amides is 2. The summed E-state index contributed by atoms with van der Waals surface area (Å²) in [6.07, 6.45) is 1.37. The number of ketones is 1. The van der Waals surface area contributed by atoms with Gasteiger partial charge in [-0.15, -0.1) is 0 Å². The summed E-state index contributed by atoms with van der Waals surface area (Å²) >= 11 is 0. The van der Waals surface area contributed by atoms with Gasteiger partial charge < -0.3 is 9.47 Å². The summed E-state index contributed by atoms with van der Waals surface area (Å²) in [4.78, 5) is 36.9. The largest absolute Gasteiger partial charge is 0.449 e. The Bertz CT molecular complexity index is 685. The van der Waals surface area contributed by atoms with Crippen molar-refractivity contribution in [3.63, 3.8) is 0 Å². The Morgan fingerprint density at radius 1 is 1.12 bits per heavy atom. The topological polar surface area (TPSA) is 84.9 Å². The number of hydrogen-bond acceptors (Lipinski definition) is 5. The van der Waals surface area contributed by atoms with Gasteiger partial charge in [0.15, 0.2) is 11.3 Å². The third-order valence-electron chi connectivity index (χ3n) is 3.76. The van der Waals surface area contributed by atoms with E-state index in [1.165, 1.54) is 6.08 Å². The molecule has 7 nitrogen and oxygen atoms in total. The predicted octanol–water partition coefficient (Wildman–Crippen LogP) is 2.62. The first-order chi connectivity index (χ1) is 11.4. The highest BCUT2D eigenvalue weighted by Crippen LogP contribution is 2.35. The number of nitrogens with zero attached hydrogens (tertiary/aromatic N) is 1. The van der Waals surface area contributed by atoms with Crippen LogP contribution in [0.25, 0.3) is 6.08 Å². The second-order valence-corrected chi connectivity index (χ2v) is 5.22. The van der Waals surface area contributed by atoms with Crippen LogP contribution in [0.5, 0.6) is 0 Å². The van der Waals surface area contributed by atoms with E-state index in [0.717, 1.165) is 10.6 Å². The van der Waals surface area contributed by atoms with Crippen molar-refractivity contribution in [2.75, 3.05) is 13.2 Å². The molecule has 0 radical (unpaired) electrons. The van der Waals surface area contributed by atoms with Gasteiger partial charge in [-0.25, -0.2) is 15.0 Å². The zero-order chi connectivity index (χ0) is 17.7. The van der Waals surface area contributed by atoms with Crippen molar-refractivity contribution < 1.29 is 23.9 Å². The van der Waals surface area contributed by atoms with E-state index in [2.05, 4.69) is 5.43 Å². The lowest BCUT2D eigenvalue weighted by Gasteiger charge is -2.40. The average molecular weight is 332 g/mol. The Kier molecular flexibility index (Phi) is 5.23. The predicted molar refractivity (Wildman–Crippen MR) is 86.9 cm³/mol. The first-order valence-corrected chi connectivity index (χ1v) is 7.67. The van der Waals surface area contributed by atoms with Gasteiger partial charge in [0.25, 0.3) is 0 Å². The zero-order valence-corrected chi connectivity index (χ0v) is 13.9. The molecular formula is C17H20N2O5. The van der Waals surface area contributed by atoms with Crippen molar-refractivity contribution in [2.24, 2.45) is 0 Å². The highest BCUT2D eigenvalue weighted by molar-refractivity contribution is 6.06. The fourth-order valence-corrected chi connectivity index (χ4v) is 2.56.